The minimum absolute atomic E-state index is 0.364. The molecule has 0 spiro atoms. The van der Waals surface area contributed by atoms with Crippen molar-refractivity contribution in [3.8, 4) is 0 Å². The zero-order chi connectivity index (χ0) is 13.2. The molecule has 1 heterocycles. The summed E-state index contributed by atoms with van der Waals surface area (Å²) in [7, 11) is 0. The fraction of sp³-hybridized carbons (Fsp3) is 0.812. The molecule has 0 aromatic carbocycles. The van der Waals surface area contributed by atoms with E-state index >= 15 is 0 Å². The SMILES string of the molecule is CC(C)n1nc(C23CC4CC(CC(C4)C2)C3)cc1N. The molecule has 4 fully saturated rings. The van der Waals surface area contributed by atoms with Crippen molar-refractivity contribution in [2.45, 2.75) is 63.8 Å². The van der Waals surface area contributed by atoms with Crippen LogP contribution in [0.15, 0.2) is 6.07 Å². The van der Waals surface area contributed by atoms with Crippen LogP contribution in [0.5, 0.6) is 0 Å². The van der Waals surface area contributed by atoms with Crippen molar-refractivity contribution < 1.29 is 0 Å². The van der Waals surface area contributed by atoms with Crippen molar-refractivity contribution in [3.05, 3.63) is 11.8 Å². The molecule has 1 aromatic heterocycles. The lowest BCUT2D eigenvalue weighted by Gasteiger charge is -2.56. The molecule has 0 saturated heterocycles. The maximum atomic E-state index is 6.16. The van der Waals surface area contributed by atoms with E-state index in [1.54, 1.807) is 0 Å². The molecule has 0 atom stereocenters. The highest BCUT2D eigenvalue weighted by molar-refractivity contribution is 5.36. The highest BCUT2D eigenvalue weighted by Gasteiger charge is 2.52. The quantitative estimate of drug-likeness (QED) is 0.883. The number of hydrogen-bond donors (Lipinski definition) is 1. The summed E-state index contributed by atoms with van der Waals surface area (Å²) in [6.07, 6.45) is 8.56. The van der Waals surface area contributed by atoms with Crippen LogP contribution in [-0.4, -0.2) is 9.78 Å². The van der Waals surface area contributed by atoms with Gasteiger partial charge in [0.1, 0.15) is 5.82 Å². The normalized spacial score (nSPS) is 40.3. The van der Waals surface area contributed by atoms with Crippen LogP contribution in [0.4, 0.5) is 5.82 Å². The van der Waals surface area contributed by atoms with Gasteiger partial charge in [-0.15, -0.1) is 0 Å². The van der Waals surface area contributed by atoms with E-state index in [1.807, 2.05) is 4.68 Å². The molecular weight excluding hydrogens is 234 g/mol. The number of rotatable bonds is 2. The van der Waals surface area contributed by atoms with Crippen LogP contribution in [-0.2, 0) is 5.41 Å². The molecule has 4 bridgehead atoms. The average molecular weight is 259 g/mol. The first-order valence-electron chi connectivity index (χ1n) is 7.91. The molecule has 5 rings (SSSR count). The number of aromatic nitrogens is 2. The third-order valence-corrected chi connectivity index (χ3v) is 5.84. The molecule has 2 N–H and O–H groups in total. The van der Waals surface area contributed by atoms with Gasteiger partial charge in [-0.1, -0.05) is 0 Å². The second kappa shape index (κ2) is 3.77. The summed E-state index contributed by atoms with van der Waals surface area (Å²) >= 11 is 0. The van der Waals surface area contributed by atoms with Gasteiger partial charge in [-0.3, -0.25) is 0 Å². The van der Waals surface area contributed by atoms with Crippen LogP contribution < -0.4 is 5.73 Å². The van der Waals surface area contributed by atoms with Crippen LogP contribution in [0.1, 0.15) is 64.1 Å². The van der Waals surface area contributed by atoms with E-state index in [2.05, 4.69) is 19.9 Å². The minimum Gasteiger partial charge on any atom is -0.384 e. The van der Waals surface area contributed by atoms with Crippen LogP contribution in [0.2, 0.25) is 0 Å². The number of hydrogen-bond acceptors (Lipinski definition) is 2. The van der Waals surface area contributed by atoms with E-state index in [0.717, 1.165) is 23.6 Å². The Balaban J connectivity index is 1.73. The molecule has 3 nitrogen and oxygen atoms in total. The van der Waals surface area contributed by atoms with Crippen molar-refractivity contribution in [1.82, 2.24) is 9.78 Å². The van der Waals surface area contributed by atoms with Gasteiger partial charge in [-0.25, -0.2) is 4.68 Å². The minimum atomic E-state index is 0.364. The van der Waals surface area contributed by atoms with Gasteiger partial charge in [-0.2, -0.15) is 5.10 Å². The predicted octanol–water partition coefficient (Wildman–Crippen LogP) is 3.51. The van der Waals surface area contributed by atoms with Crippen molar-refractivity contribution in [1.29, 1.82) is 0 Å². The highest BCUT2D eigenvalue weighted by Crippen LogP contribution is 2.60. The van der Waals surface area contributed by atoms with Gasteiger partial charge in [0.25, 0.3) is 0 Å². The van der Waals surface area contributed by atoms with E-state index in [1.165, 1.54) is 44.2 Å². The van der Waals surface area contributed by atoms with Crippen LogP contribution >= 0.6 is 0 Å². The molecule has 4 aliphatic carbocycles. The maximum absolute atomic E-state index is 6.16. The summed E-state index contributed by atoms with van der Waals surface area (Å²) in [4.78, 5) is 0. The molecule has 4 saturated carbocycles. The lowest BCUT2D eigenvalue weighted by molar-refractivity contribution is -0.00752. The first-order chi connectivity index (χ1) is 9.06. The molecular formula is C16H25N3. The van der Waals surface area contributed by atoms with Gasteiger partial charge in [0.15, 0.2) is 0 Å². The Morgan fingerprint density at radius 3 is 2.11 bits per heavy atom. The molecule has 0 aliphatic heterocycles. The van der Waals surface area contributed by atoms with Gasteiger partial charge in [0.2, 0.25) is 0 Å². The van der Waals surface area contributed by atoms with Gasteiger partial charge >= 0.3 is 0 Å². The Morgan fingerprint density at radius 2 is 1.68 bits per heavy atom. The van der Waals surface area contributed by atoms with Crippen LogP contribution in [0, 0.1) is 17.8 Å². The second-order valence-electron chi connectivity index (χ2n) is 7.69. The number of nitrogen functional groups attached to an aromatic ring is 1. The second-order valence-corrected chi connectivity index (χ2v) is 7.69. The molecule has 0 unspecified atom stereocenters. The first kappa shape index (κ1) is 11.8. The fourth-order valence-corrected chi connectivity index (χ4v) is 5.51. The number of anilines is 1. The Labute approximate surface area is 115 Å². The molecule has 19 heavy (non-hydrogen) atoms. The molecule has 0 radical (unpaired) electrons. The summed E-state index contributed by atoms with van der Waals surface area (Å²) < 4.78 is 2.01. The van der Waals surface area contributed by atoms with Gasteiger partial charge in [-0.05, 0) is 70.1 Å². The van der Waals surface area contributed by atoms with Gasteiger partial charge in [0.05, 0.1) is 5.69 Å². The summed E-state index contributed by atoms with van der Waals surface area (Å²) in [5, 5.41) is 4.89. The topological polar surface area (TPSA) is 43.8 Å². The monoisotopic (exact) mass is 259 g/mol. The molecule has 4 aliphatic rings. The Hall–Kier alpha value is -0.990. The van der Waals surface area contributed by atoms with E-state index in [4.69, 9.17) is 10.8 Å². The zero-order valence-electron chi connectivity index (χ0n) is 12.1. The fourth-order valence-electron chi connectivity index (χ4n) is 5.51. The van der Waals surface area contributed by atoms with Crippen molar-refractivity contribution in [2.75, 3.05) is 5.73 Å². The predicted molar refractivity (Wildman–Crippen MR) is 76.9 cm³/mol. The smallest absolute Gasteiger partial charge is 0.122 e. The van der Waals surface area contributed by atoms with E-state index in [9.17, 15) is 0 Å². The summed E-state index contributed by atoms with van der Waals surface area (Å²) in [5.74, 6) is 3.76. The van der Waals surface area contributed by atoms with Crippen molar-refractivity contribution in [3.63, 3.8) is 0 Å². The van der Waals surface area contributed by atoms with E-state index in [-0.39, 0.29) is 0 Å². The van der Waals surface area contributed by atoms with Crippen molar-refractivity contribution in [2.24, 2.45) is 17.8 Å². The third kappa shape index (κ3) is 1.66. The maximum Gasteiger partial charge on any atom is 0.122 e. The Kier molecular flexibility index (Phi) is 2.34. The largest absolute Gasteiger partial charge is 0.384 e. The summed E-state index contributed by atoms with van der Waals surface area (Å²) in [6, 6.07) is 2.54. The van der Waals surface area contributed by atoms with E-state index < -0.39 is 0 Å². The molecule has 1 aromatic rings. The zero-order valence-corrected chi connectivity index (χ0v) is 12.1. The number of nitrogens with two attached hydrogens (primary N) is 1. The van der Waals surface area contributed by atoms with Gasteiger partial charge in [0, 0.05) is 17.5 Å². The molecule has 104 valence electrons. The van der Waals surface area contributed by atoms with E-state index in [0.29, 0.717) is 11.5 Å². The molecule has 0 amide bonds. The first-order valence-corrected chi connectivity index (χ1v) is 7.91. The number of nitrogens with zero attached hydrogens (tertiary/aromatic N) is 2. The highest BCUT2D eigenvalue weighted by atomic mass is 15.3. The Bertz CT molecular complexity index is 465. The standard InChI is InChI=1S/C16H25N3/c1-10(2)19-15(17)6-14(18-19)16-7-11-3-12(8-16)5-13(4-11)9-16/h6,10-13H,3-5,7-9,17H2,1-2H3. The third-order valence-electron chi connectivity index (χ3n) is 5.84. The van der Waals surface area contributed by atoms with Gasteiger partial charge < -0.3 is 5.73 Å². The molecule has 3 heteroatoms. The lowest BCUT2D eigenvalue weighted by atomic mass is 9.49. The summed E-state index contributed by atoms with van der Waals surface area (Å²) in [5.41, 5.74) is 7.84. The van der Waals surface area contributed by atoms with Crippen LogP contribution in [0.25, 0.3) is 0 Å². The lowest BCUT2D eigenvalue weighted by Crippen LogP contribution is -2.48. The van der Waals surface area contributed by atoms with Crippen molar-refractivity contribution >= 4 is 5.82 Å². The Morgan fingerprint density at radius 1 is 1.16 bits per heavy atom. The van der Waals surface area contributed by atoms with Crippen LogP contribution in [0.3, 0.4) is 0 Å². The average Bonchev–Trinajstić information content (AvgIpc) is 2.70. The summed E-state index contributed by atoms with van der Waals surface area (Å²) in [6.45, 7) is 4.32.